The number of hydrogen-bond acceptors (Lipinski definition) is 3. The predicted molar refractivity (Wildman–Crippen MR) is 88.2 cm³/mol. The minimum Gasteiger partial charge on any atom is -0.344 e. The summed E-state index contributed by atoms with van der Waals surface area (Å²) in [5.41, 5.74) is -0.259. The molecule has 0 aliphatic carbocycles. The van der Waals surface area contributed by atoms with Gasteiger partial charge in [0.05, 0.1) is 5.56 Å². The minimum absolute atomic E-state index is 0.254. The summed E-state index contributed by atoms with van der Waals surface area (Å²) in [4.78, 5) is 30.4. The van der Waals surface area contributed by atoms with E-state index >= 15 is 0 Å². The third-order valence-corrected chi connectivity index (χ3v) is 4.38. The molecule has 2 amide bonds. The SMILES string of the molecule is CN1C[C@@H](c2ccc(C(F)(F)F)cc2)[C@H](C(=O)Nc2ccccn2)C1=O. The molecule has 0 spiro atoms. The second-order valence-corrected chi connectivity index (χ2v) is 6.13. The van der Waals surface area contributed by atoms with E-state index in [1.54, 1.807) is 25.2 Å². The van der Waals surface area contributed by atoms with E-state index in [-0.39, 0.29) is 12.5 Å². The van der Waals surface area contributed by atoms with Crippen molar-refractivity contribution in [1.82, 2.24) is 9.88 Å². The molecule has 136 valence electrons. The largest absolute Gasteiger partial charge is 0.416 e. The third-order valence-electron chi connectivity index (χ3n) is 4.38. The van der Waals surface area contributed by atoms with Crippen LogP contribution >= 0.6 is 0 Å². The van der Waals surface area contributed by atoms with E-state index in [0.717, 1.165) is 12.1 Å². The van der Waals surface area contributed by atoms with Crippen molar-refractivity contribution >= 4 is 17.6 Å². The summed E-state index contributed by atoms with van der Waals surface area (Å²) in [5, 5.41) is 2.59. The number of halogens is 3. The second kappa shape index (κ2) is 6.78. The van der Waals surface area contributed by atoms with Crippen LogP contribution in [0.1, 0.15) is 17.0 Å². The van der Waals surface area contributed by atoms with Crippen LogP contribution in [-0.4, -0.2) is 35.3 Å². The van der Waals surface area contributed by atoms with Gasteiger partial charge in [0.25, 0.3) is 0 Å². The summed E-state index contributed by atoms with van der Waals surface area (Å²) < 4.78 is 38.2. The van der Waals surface area contributed by atoms with Gasteiger partial charge in [0.15, 0.2) is 0 Å². The molecular weight excluding hydrogens is 347 g/mol. The van der Waals surface area contributed by atoms with Gasteiger partial charge in [-0.3, -0.25) is 9.59 Å². The Morgan fingerprint density at radius 2 is 1.88 bits per heavy atom. The van der Waals surface area contributed by atoms with Crippen molar-refractivity contribution in [3.63, 3.8) is 0 Å². The molecule has 0 saturated carbocycles. The van der Waals surface area contributed by atoms with E-state index in [0.29, 0.717) is 11.4 Å². The molecule has 2 aromatic rings. The molecule has 1 aliphatic heterocycles. The zero-order chi connectivity index (χ0) is 18.9. The smallest absolute Gasteiger partial charge is 0.344 e. The Labute approximate surface area is 147 Å². The highest BCUT2D eigenvalue weighted by Crippen LogP contribution is 2.36. The average molecular weight is 363 g/mol. The number of nitrogens with zero attached hydrogens (tertiary/aromatic N) is 2. The Kier molecular flexibility index (Phi) is 4.67. The van der Waals surface area contributed by atoms with Crippen LogP contribution in [0.2, 0.25) is 0 Å². The molecule has 1 fully saturated rings. The highest BCUT2D eigenvalue weighted by molar-refractivity contribution is 6.08. The van der Waals surface area contributed by atoms with Crippen molar-refractivity contribution in [2.45, 2.75) is 12.1 Å². The van der Waals surface area contributed by atoms with Gasteiger partial charge in [0, 0.05) is 25.7 Å². The fraction of sp³-hybridized carbons (Fsp3) is 0.278. The summed E-state index contributed by atoms with van der Waals surface area (Å²) in [6.45, 7) is 0.254. The molecular formula is C18H16F3N3O2. The first-order chi connectivity index (χ1) is 12.3. The maximum atomic E-state index is 12.7. The molecule has 2 atom stereocenters. The van der Waals surface area contributed by atoms with E-state index in [2.05, 4.69) is 10.3 Å². The highest BCUT2D eigenvalue weighted by Gasteiger charge is 2.44. The molecule has 1 N–H and O–H groups in total. The van der Waals surface area contributed by atoms with Crippen molar-refractivity contribution in [2.75, 3.05) is 18.9 Å². The van der Waals surface area contributed by atoms with Crippen molar-refractivity contribution in [3.8, 4) is 0 Å². The number of anilines is 1. The number of likely N-dealkylation sites (tertiary alicyclic amines) is 1. The molecule has 0 bridgehead atoms. The van der Waals surface area contributed by atoms with Crippen molar-refractivity contribution in [1.29, 1.82) is 0 Å². The summed E-state index contributed by atoms with van der Waals surface area (Å²) in [5.74, 6) is -2.13. The Hall–Kier alpha value is -2.90. The first-order valence-electron chi connectivity index (χ1n) is 7.91. The zero-order valence-electron chi connectivity index (χ0n) is 13.8. The Bertz CT molecular complexity index is 807. The third kappa shape index (κ3) is 3.54. The van der Waals surface area contributed by atoms with E-state index in [9.17, 15) is 22.8 Å². The number of amides is 2. The van der Waals surface area contributed by atoms with Crippen LogP contribution in [0.4, 0.5) is 19.0 Å². The molecule has 8 heteroatoms. The van der Waals surface area contributed by atoms with Gasteiger partial charge in [-0.25, -0.2) is 4.98 Å². The standard InChI is InChI=1S/C18H16F3N3O2/c1-24-10-13(11-5-7-12(8-6-11)18(19,20)21)15(17(24)26)16(25)23-14-4-2-3-9-22-14/h2-9,13,15H,10H2,1H3,(H,22,23,25)/t13-,15+/m0/s1. The average Bonchev–Trinajstić information content (AvgIpc) is 2.90. The molecule has 3 rings (SSSR count). The van der Waals surface area contributed by atoms with Crippen LogP contribution in [0.25, 0.3) is 0 Å². The minimum atomic E-state index is -4.43. The van der Waals surface area contributed by atoms with Gasteiger partial charge >= 0.3 is 6.18 Å². The fourth-order valence-electron chi connectivity index (χ4n) is 3.05. The summed E-state index contributed by atoms with van der Waals surface area (Å²) in [6, 6.07) is 9.54. The second-order valence-electron chi connectivity index (χ2n) is 6.13. The maximum absolute atomic E-state index is 12.7. The summed E-state index contributed by atoms with van der Waals surface area (Å²) >= 11 is 0. The first kappa shape index (κ1) is 17.9. The lowest BCUT2D eigenvalue weighted by Gasteiger charge is -2.17. The number of pyridine rings is 1. The van der Waals surface area contributed by atoms with Crippen LogP contribution in [0, 0.1) is 5.92 Å². The number of nitrogens with one attached hydrogen (secondary N) is 1. The van der Waals surface area contributed by atoms with E-state index in [1.807, 2.05) is 0 Å². The number of aromatic nitrogens is 1. The zero-order valence-corrected chi connectivity index (χ0v) is 13.8. The molecule has 2 heterocycles. The van der Waals surface area contributed by atoms with Gasteiger partial charge in [0.2, 0.25) is 11.8 Å². The van der Waals surface area contributed by atoms with Crippen LogP contribution in [0.5, 0.6) is 0 Å². The molecule has 5 nitrogen and oxygen atoms in total. The molecule has 1 aromatic heterocycles. The van der Waals surface area contributed by atoms with E-state index < -0.39 is 29.5 Å². The summed E-state index contributed by atoms with van der Waals surface area (Å²) in [6.07, 6.45) is -2.93. The van der Waals surface area contributed by atoms with E-state index in [4.69, 9.17) is 0 Å². The van der Waals surface area contributed by atoms with Crippen LogP contribution < -0.4 is 5.32 Å². The van der Waals surface area contributed by atoms with Crippen molar-refractivity contribution in [3.05, 3.63) is 59.8 Å². The lowest BCUT2D eigenvalue weighted by molar-refractivity contribution is -0.138. The van der Waals surface area contributed by atoms with Crippen LogP contribution in [-0.2, 0) is 15.8 Å². The number of likely N-dealkylation sites (N-methyl/N-ethyl adjacent to an activating group) is 1. The lowest BCUT2D eigenvalue weighted by atomic mass is 9.87. The number of carbonyl (C=O) groups excluding carboxylic acids is 2. The first-order valence-corrected chi connectivity index (χ1v) is 7.91. The van der Waals surface area contributed by atoms with Gasteiger partial charge < -0.3 is 10.2 Å². The van der Waals surface area contributed by atoms with Gasteiger partial charge in [-0.1, -0.05) is 18.2 Å². The molecule has 1 saturated heterocycles. The highest BCUT2D eigenvalue weighted by atomic mass is 19.4. The van der Waals surface area contributed by atoms with Crippen LogP contribution in [0.15, 0.2) is 48.7 Å². The van der Waals surface area contributed by atoms with E-state index in [1.165, 1.54) is 23.2 Å². The molecule has 0 radical (unpaired) electrons. The van der Waals surface area contributed by atoms with Gasteiger partial charge in [-0.2, -0.15) is 13.2 Å². The number of hydrogen-bond donors (Lipinski definition) is 1. The number of alkyl halides is 3. The van der Waals surface area contributed by atoms with Gasteiger partial charge in [-0.15, -0.1) is 0 Å². The fourth-order valence-corrected chi connectivity index (χ4v) is 3.05. The number of benzene rings is 1. The Balaban J connectivity index is 1.85. The van der Waals surface area contributed by atoms with Crippen molar-refractivity contribution < 1.29 is 22.8 Å². The Morgan fingerprint density at radius 3 is 2.46 bits per heavy atom. The Morgan fingerprint density at radius 1 is 1.19 bits per heavy atom. The summed E-state index contributed by atoms with van der Waals surface area (Å²) in [7, 11) is 1.56. The monoisotopic (exact) mass is 363 g/mol. The molecule has 26 heavy (non-hydrogen) atoms. The quantitative estimate of drug-likeness (QED) is 0.853. The molecule has 0 unspecified atom stereocenters. The number of rotatable bonds is 3. The molecule has 1 aromatic carbocycles. The topological polar surface area (TPSA) is 62.3 Å². The normalized spacial score (nSPS) is 20.3. The van der Waals surface area contributed by atoms with Gasteiger partial charge in [-0.05, 0) is 29.8 Å². The molecule has 1 aliphatic rings. The predicted octanol–water partition coefficient (Wildman–Crippen LogP) is 2.91. The maximum Gasteiger partial charge on any atom is 0.416 e. The number of carbonyl (C=O) groups is 2. The van der Waals surface area contributed by atoms with Gasteiger partial charge in [0.1, 0.15) is 11.7 Å². The van der Waals surface area contributed by atoms with Crippen LogP contribution in [0.3, 0.4) is 0 Å². The van der Waals surface area contributed by atoms with Crippen molar-refractivity contribution in [2.24, 2.45) is 5.92 Å². The lowest BCUT2D eigenvalue weighted by Crippen LogP contribution is -2.32.